The average Bonchev–Trinajstić information content (AvgIpc) is 2.88. The first-order valence-electron chi connectivity index (χ1n) is 7.92. The van der Waals surface area contributed by atoms with Crippen LogP contribution in [0.15, 0.2) is 24.3 Å². The third-order valence-electron chi connectivity index (χ3n) is 3.98. The highest BCUT2D eigenvalue weighted by molar-refractivity contribution is 7.98. The molecule has 1 aliphatic rings. The minimum absolute atomic E-state index is 0.0355. The van der Waals surface area contributed by atoms with Crippen LogP contribution < -0.4 is 5.32 Å². The standard InChI is InChI=1S/C17H24N2O3S/c1-23-10-8-14(12-20)18-16(21)7-4-9-19-11-13-5-2-3-6-15(13)17(19)22/h2-3,5-6,14,20H,4,7-12H2,1H3,(H,18,21)/t14-/m0/s1. The molecule has 0 aliphatic carbocycles. The number of thioether (sulfide) groups is 1. The Morgan fingerprint density at radius 3 is 2.91 bits per heavy atom. The molecule has 0 saturated carbocycles. The Morgan fingerprint density at radius 1 is 1.43 bits per heavy atom. The molecule has 0 spiro atoms. The lowest BCUT2D eigenvalue weighted by molar-refractivity contribution is -0.122. The van der Waals surface area contributed by atoms with Gasteiger partial charge in [-0.15, -0.1) is 0 Å². The Bertz CT molecular complexity index is 550. The van der Waals surface area contributed by atoms with Crippen LogP contribution in [-0.2, 0) is 11.3 Å². The summed E-state index contributed by atoms with van der Waals surface area (Å²) < 4.78 is 0. The van der Waals surface area contributed by atoms with E-state index in [2.05, 4.69) is 5.32 Å². The number of carbonyl (C=O) groups is 2. The zero-order valence-electron chi connectivity index (χ0n) is 13.5. The molecule has 126 valence electrons. The fraction of sp³-hybridized carbons (Fsp3) is 0.529. The molecule has 0 fully saturated rings. The minimum Gasteiger partial charge on any atom is -0.394 e. The van der Waals surface area contributed by atoms with Crippen LogP contribution in [0.25, 0.3) is 0 Å². The minimum atomic E-state index is -0.173. The average molecular weight is 336 g/mol. The number of hydrogen-bond donors (Lipinski definition) is 2. The number of aliphatic hydroxyl groups is 1. The van der Waals surface area contributed by atoms with E-state index in [9.17, 15) is 14.7 Å². The van der Waals surface area contributed by atoms with Crippen molar-refractivity contribution < 1.29 is 14.7 Å². The van der Waals surface area contributed by atoms with Gasteiger partial charge in [0, 0.05) is 25.1 Å². The molecule has 0 radical (unpaired) electrons. The van der Waals surface area contributed by atoms with Gasteiger partial charge in [-0.05, 0) is 36.5 Å². The van der Waals surface area contributed by atoms with E-state index in [1.807, 2.05) is 30.5 Å². The Kier molecular flexibility index (Phi) is 6.92. The smallest absolute Gasteiger partial charge is 0.254 e. The van der Waals surface area contributed by atoms with Crippen LogP contribution in [0.2, 0.25) is 0 Å². The normalized spacial score (nSPS) is 14.7. The van der Waals surface area contributed by atoms with Crippen molar-refractivity contribution in [1.82, 2.24) is 10.2 Å². The summed E-state index contributed by atoms with van der Waals surface area (Å²) in [5, 5.41) is 12.1. The molecule has 0 aromatic heterocycles. The Labute approximate surface area is 141 Å². The number of amides is 2. The van der Waals surface area contributed by atoms with Crippen molar-refractivity contribution in [1.29, 1.82) is 0 Å². The lowest BCUT2D eigenvalue weighted by Gasteiger charge is -2.17. The van der Waals surface area contributed by atoms with Crippen molar-refractivity contribution in [2.75, 3.05) is 25.2 Å². The van der Waals surface area contributed by atoms with Crippen LogP contribution in [-0.4, -0.2) is 53.0 Å². The third kappa shape index (κ3) is 4.97. The topological polar surface area (TPSA) is 69.6 Å². The van der Waals surface area contributed by atoms with Gasteiger partial charge in [0.05, 0.1) is 12.6 Å². The summed E-state index contributed by atoms with van der Waals surface area (Å²) in [7, 11) is 0. The molecule has 1 aromatic carbocycles. The van der Waals surface area contributed by atoms with Gasteiger partial charge >= 0.3 is 0 Å². The van der Waals surface area contributed by atoms with E-state index in [1.54, 1.807) is 16.7 Å². The molecule has 0 bridgehead atoms. The zero-order chi connectivity index (χ0) is 16.7. The summed E-state index contributed by atoms with van der Waals surface area (Å²) >= 11 is 1.69. The van der Waals surface area contributed by atoms with E-state index < -0.39 is 0 Å². The fourth-order valence-electron chi connectivity index (χ4n) is 2.69. The van der Waals surface area contributed by atoms with Gasteiger partial charge in [0.2, 0.25) is 5.91 Å². The summed E-state index contributed by atoms with van der Waals surface area (Å²) in [4.78, 5) is 25.9. The molecular weight excluding hydrogens is 312 g/mol. The summed E-state index contributed by atoms with van der Waals surface area (Å²) in [6.07, 6.45) is 3.77. The first kappa shape index (κ1) is 17.8. The monoisotopic (exact) mass is 336 g/mol. The molecule has 2 amide bonds. The van der Waals surface area contributed by atoms with Gasteiger partial charge in [0.25, 0.3) is 5.91 Å². The number of nitrogens with zero attached hydrogens (tertiary/aromatic N) is 1. The summed E-state index contributed by atoms with van der Waals surface area (Å²) in [5.74, 6) is 0.898. The quantitative estimate of drug-likeness (QED) is 0.719. The Balaban J connectivity index is 1.71. The van der Waals surface area contributed by atoms with Crippen molar-refractivity contribution in [2.24, 2.45) is 0 Å². The van der Waals surface area contributed by atoms with E-state index in [1.165, 1.54) is 0 Å². The Morgan fingerprint density at radius 2 is 2.22 bits per heavy atom. The van der Waals surface area contributed by atoms with Gasteiger partial charge in [-0.1, -0.05) is 18.2 Å². The summed E-state index contributed by atoms with van der Waals surface area (Å²) in [6, 6.07) is 7.45. The third-order valence-corrected chi connectivity index (χ3v) is 4.63. The van der Waals surface area contributed by atoms with Gasteiger partial charge < -0.3 is 15.3 Å². The molecule has 23 heavy (non-hydrogen) atoms. The second kappa shape index (κ2) is 8.93. The zero-order valence-corrected chi connectivity index (χ0v) is 14.3. The summed E-state index contributed by atoms with van der Waals surface area (Å²) in [6.45, 7) is 1.17. The highest BCUT2D eigenvalue weighted by atomic mass is 32.2. The van der Waals surface area contributed by atoms with Crippen LogP contribution in [0, 0.1) is 0 Å². The molecule has 0 saturated heterocycles. The maximum absolute atomic E-state index is 12.2. The van der Waals surface area contributed by atoms with Crippen LogP contribution in [0.1, 0.15) is 35.2 Å². The van der Waals surface area contributed by atoms with Crippen LogP contribution >= 0.6 is 11.8 Å². The lowest BCUT2D eigenvalue weighted by atomic mass is 10.1. The SMILES string of the molecule is CSCC[C@@H](CO)NC(=O)CCCN1Cc2ccccc2C1=O. The molecule has 1 heterocycles. The first-order valence-corrected chi connectivity index (χ1v) is 9.31. The van der Waals surface area contributed by atoms with Gasteiger partial charge in [-0.3, -0.25) is 9.59 Å². The van der Waals surface area contributed by atoms with Crippen molar-refractivity contribution in [2.45, 2.75) is 31.8 Å². The first-order chi connectivity index (χ1) is 11.2. The number of fused-ring (bicyclic) bond motifs is 1. The molecule has 0 unspecified atom stereocenters. The fourth-order valence-corrected chi connectivity index (χ4v) is 3.21. The lowest BCUT2D eigenvalue weighted by Crippen LogP contribution is -2.38. The largest absolute Gasteiger partial charge is 0.394 e. The molecule has 5 nitrogen and oxygen atoms in total. The maximum atomic E-state index is 12.2. The molecule has 6 heteroatoms. The predicted molar refractivity (Wildman–Crippen MR) is 92.4 cm³/mol. The van der Waals surface area contributed by atoms with Crippen LogP contribution in [0.5, 0.6) is 0 Å². The number of nitrogens with one attached hydrogen (secondary N) is 1. The van der Waals surface area contributed by atoms with Gasteiger partial charge in [-0.25, -0.2) is 0 Å². The van der Waals surface area contributed by atoms with E-state index in [0.717, 1.165) is 23.3 Å². The van der Waals surface area contributed by atoms with E-state index in [-0.39, 0.29) is 24.5 Å². The second-order valence-corrected chi connectivity index (χ2v) is 6.70. The molecule has 1 aromatic rings. The number of aliphatic hydroxyl groups excluding tert-OH is 1. The van der Waals surface area contributed by atoms with Gasteiger partial charge in [-0.2, -0.15) is 11.8 Å². The number of carbonyl (C=O) groups excluding carboxylic acids is 2. The highest BCUT2D eigenvalue weighted by Gasteiger charge is 2.26. The van der Waals surface area contributed by atoms with E-state index in [0.29, 0.717) is 25.9 Å². The molecular formula is C17H24N2O3S. The molecule has 1 aliphatic heterocycles. The number of rotatable bonds is 9. The molecule has 2 N–H and O–H groups in total. The van der Waals surface area contributed by atoms with Crippen molar-refractivity contribution >= 4 is 23.6 Å². The maximum Gasteiger partial charge on any atom is 0.254 e. The van der Waals surface area contributed by atoms with E-state index in [4.69, 9.17) is 0 Å². The second-order valence-electron chi connectivity index (χ2n) is 5.72. The van der Waals surface area contributed by atoms with Crippen molar-refractivity contribution in [3.8, 4) is 0 Å². The van der Waals surface area contributed by atoms with E-state index >= 15 is 0 Å². The number of benzene rings is 1. The number of hydrogen-bond acceptors (Lipinski definition) is 4. The van der Waals surface area contributed by atoms with Crippen LogP contribution in [0.4, 0.5) is 0 Å². The van der Waals surface area contributed by atoms with Gasteiger partial charge in [0.15, 0.2) is 0 Å². The molecule has 1 atom stereocenters. The van der Waals surface area contributed by atoms with Crippen LogP contribution in [0.3, 0.4) is 0 Å². The molecule has 2 rings (SSSR count). The predicted octanol–water partition coefficient (Wildman–Crippen LogP) is 1.65. The Hall–Kier alpha value is -1.53. The van der Waals surface area contributed by atoms with Gasteiger partial charge in [0.1, 0.15) is 0 Å². The summed E-state index contributed by atoms with van der Waals surface area (Å²) in [5.41, 5.74) is 1.83. The highest BCUT2D eigenvalue weighted by Crippen LogP contribution is 2.22. The van der Waals surface area contributed by atoms with Crippen molar-refractivity contribution in [3.63, 3.8) is 0 Å². The van der Waals surface area contributed by atoms with Crippen molar-refractivity contribution in [3.05, 3.63) is 35.4 Å².